The average molecular weight is 489 g/mol. The summed E-state index contributed by atoms with van der Waals surface area (Å²) >= 11 is 0. The first-order valence-corrected chi connectivity index (χ1v) is 12.0. The molecule has 0 aromatic heterocycles. The Labute approximate surface area is 199 Å². The Hall–Kier alpha value is -3.21. The third kappa shape index (κ3) is 4.84. The number of hydrogen-bond acceptors (Lipinski definition) is 7. The molecule has 182 valence electrons. The summed E-state index contributed by atoms with van der Waals surface area (Å²) in [6, 6.07) is 11.6. The zero-order chi connectivity index (χ0) is 25.0. The van der Waals surface area contributed by atoms with Gasteiger partial charge in [0.1, 0.15) is 11.5 Å². The van der Waals surface area contributed by atoms with Gasteiger partial charge in [0.25, 0.3) is 11.7 Å². The van der Waals surface area contributed by atoms with Crippen LogP contribution in [0.2, 0.25) is 0 Å². The maximum absolute atomic E-state index is 13.0. The SMILES string of the molecule is COCCCN1C(=O)C(=O)/C(=C(/O)c2ccc(S(=O)(=O)N(C)C)cc2)[C@H]1c1cccc(OC)c1. The molecule has 0 saturated carbocycles. The highest BCUT2D eigenvalue weighted by Crippen LogP contribution is 2.40. The van der Waals surface area contributed by atoms with Crippen molar-refractivity contribution in [2.45, 2.75) is 17.4 Å². The molecule has 2 aromatic carbocycles. The summed E-state index contributed by atoms with van der Waals surface area (Å²) in [6.45, 7) is 0.646. The van der Waals surface area contributed by atoms with Crippen LogP contribution in [0.1, 0.15) is 23.6 Å². The molecule has 1 aliphatic heterocycles. The number of nitrogens with zero attached hydrogens (tertiary/aromatic N) is 2. The molecule has 0 bridgehead atoms. The molecule has 34 heavy (non-hydrogen) atoms. The monoisotopic (exact) mass is 488 g/mol. The molecule has 9 nitrogen and oxygen atoms in total. The van der Waals surface area contributed by atoms with Crippen LogP contribution in [0.15, 0.2) is 59.0 Å². The molecule has 10 heteroatoms. The third-order valence-electron chi connectivity index (χ3n) is 5.60. The normalized spacial score (nSPS) is 18.0. The standard InChI is InChI=1S/C24H28N2O7S/c1-25(2)34(30,31)19-11-9-16(10-12-19)22(27)20-21(17-7-5-8-18(15-17)33-4)26(13-6-14-32-3)24(29)23(20)28/h5,7-12,15,21,27H,6,13-14H2,1-4H3/b22-20+/t21-/m1/s1. The zero-order valence-electron chi connectivity index (χ0n) is 19.5. The van der Waals surface area contributed by atoms with Crippen molar-refractivity contribution in [3.05, 3.63) is 65.2 Å². The fourth-order valence-electron chi connectivity index (χ4n) is 3.80. The van der Waals surface area contributed by atoms with Crippen LogP contribution in [-0.2, 0) is 24.3 Å². The summed E-state index contributed by atoms with van der Waals surface area (Å²) < 4.78 is 36.2. The lowest BCUT2D eigenvalue weighted by molar-refractivity contribution is -0.140. The van der Waals surface area contributed by atoms with E-state index >= 15 is 0 Å². The van der Waals surface area contributed by atoms with Gasteiger partial charge in [0, 0.05) is 39.9 Å². The number of rotatable bonds is 9. The first-order valence-electron chi connectivity index (χ1n) is 10.6. The minimum atomic E-state index is -3.66. The molecule has 1 amide bonds. The Bertz CT molecular complexity index is 1200. The molecule has 1 N–H and O–H groups in total. The molecule has 3 rings (SSSR count). The number of likely N-dealkylation sites (tertiary alicyclic amines) is 1. The third-order valence-corrected chi connectivity index (χ3v) is 7.43. The Balaban J connectivity index is 2.11. The van der Waals surface area contributed by atoms with Crippen LogP contribution in [0, 0.1) is 0 Å². The number of ketones is 1. The molecule has 1 atom stereocenters. The quantitative estimate of drug-likeness (QED) is 0.250. The van der Waals surface area contributed by atoms with Gasteiger partial charge in [-0.2, -0.15) is 0 Å². The molecule has 1 heterocycles. The fourth-order valence-corrected chi connectivity index (χ4v) is 4.70. The Morgan fingerprint density at radius 1 is 1.09 bits per heavy atom. The summed E-state index contributed by atoms with van der Waals surface area (Å²) in [5, 5.41) is 11.1. The first-order chi connectivity index (χ1) is 16.1. The van der Waals surface area contributed by atoms with Gasteiger partial charge in [-0.1, -0.05) is 12.1 Å². The Morgan fingerprint density at radius 2 is 1.76 bits per heavy atom. The van der Waals surface area contributed by atoms with E-state index in [-0.39, 0.29) is 28.3 Å². The van der Waals surface area contributed by atoms with Crippen molar-refractivity contribution in [2.24, 2.45) is 0 Å². The second-order valence-electron chi connectivity index (χ2n) is 7.93. The van der Waals surface area contributed by atoms with Crippen molar-refractivity contribution in [2.75, 3.05) is 41.5 Å². The van der Waals surface area contributed by atoms with Gasteiger partial charge in [-0.25, -0.2) is 12.7 Å². The second-order valence-corrected chi connectivity index (χ2v) is 10.1. The molecule has 0 spiro atoms. The van der Waals surface area contributed by atoms with Gasteiger partial charge in [-0.3, -0.25) is 9.59 Å². The number of carbonyl (C=O) groups excluding carboxylic acids is 2. The minimum absolute atomic E-state index is 0.0402. The van der Waals surface area contributed by atoms with Crippen LogP contribution in [0.3, 0.4) is 0 Å². The van der Waals surface area contributed by atoms with E-state index in [2.05, 4.69) is 0 Å². The Kier molecular flexibility index (Phi) is 7.75. The van der Waals surface area contributed by atoms with Crippen molar-refractivity contribution < 1.29 is 32.6 Å². The highest BCUT2D eigenvalue weighted by atomic mass is 32.2. The summed E-state index contributed by atoms with van der Waals surface area (Å²) in [7, 11) is 2.24. The van der Waals surface area contributed by atoms with Gasteiger partial charge >= 0.3 is 0 Å². The minimum Gasteiger partial charge on any atom is -0.507 e. The highest BCUT2D eigenvalue weighted by molar-refractivity contribution is 7.89. The Morgan fingerprint density at radius 3 is 2.35 bits per heavy atom. The number of ether oxygens (including phenoxy) is 2. The number of hydrogen-bond donors (Lipinski definition) is 1. The predicted octanol–water partition coefficient (Wildman–Crippen LogP) is 2.40. The van der Waals surface area contributed by atoms with Crippen LogP contribution < -0.4 is 4.74 Å². The van der Waals surface area contributed by atoms with Crippen LogP contribution >= 0.6 is 0 Å². The predicted molar refractivity (Wildman–Crippen MR) is 126 cm³/mol. The van der Waals surface area contributed by atoms with E-state index in [4.69, 9.17) is 9.47 Å². The maximum atomic E-state index is 13.0. The summed E-state index contributed by atoms with van der Waals surface area (Å²) in [4.78, 5) is 27.4. The zero-order valence-corrected chi connectivity index (χ0v) is 20.3. The summed E-state index contributed by atoms with van der Waals surface area (Å²) in [6.07, 6.45) is 0.501. The number of aliphatic hydroxyl groups is 1. The smallest absolute Gasteiger partial charge is 0.295 e. The van der Waals surface area contributed by atoms with Crippen molar-refractivity contribution >= 4 is 27.5 Å². The number of aliphatic hydroxyl groups excluding tert-OH is 1. The van der Waals surface area contributed by atoms with Crippen LogP contribution in [-0.4, -0.2) is 75.9 Å². The van der Waals surface area contributed by atoms with Gasteiger partial charge in [0.15, 0.2) is 0 Å². The van der Waals surface area contributed by atoms with Crippen molar-refractivity contribution in [1.29, 1.82) is 0 Å². The lowest BCUT2D eigenvalue weighted by Crippen LogP contribution is -2.31. The number of methoxy groups -OCH3 is 2. The van der Waals surface area contributed by atoms with Crippen LogP contribution in [0.5, 0.6) is 5.75 Å². The maximum Gasteiger partial charge on any atom is 0.295 e. The van der Waals surface area contributed by atoms with E-state index in [1.165, 1.54) is 50.4 Å². The van der Waals surface area contributed by atoms with Crippen LogP contribution in [0.25, 0.3) is 5.76 Å². The van der Waals surface area contributed by atoms with Gasteiger partial charge in [0.2, 0.25) is 10.0 Å². The first kappa shape index (κ1) is 25.4. The van der Waals surface area contributed by atoms with Gasteiger partial charge in [0.05, 0.1) is 23.6 Å². The largest absolute Gasteiger partial charge is 0.507 e. The second kappa shape index (κ2) is 10.4. The molecule has 0 unspecified atom stereocenters. The number of sulfonamides is 1. The molecule has 1 fully saturated rings. The number of benzene rings is 2. The lowest BCUT2D eigenvalue weighted by Gasteiger charge is -2.25. The molecule has 1 saturated heterocycles. The fraction of sp³-hybridized carbons (Fsp3) is 0.333. The lowest BCUT2D eigenvalue weighted by atomic mass is 9.95. The number of amides is 1. The topological polar surface area (TPSA) is 113 Å². The molecular weight excluding hydrogens is 460 g/mol. The number of Topliss-reactive ketones (excluding diaryl/α,β-unsaturated/α-hetero) is 1. The number of carbonyl (C=O) groups is 2. The van der Waals surface area contributed by atoms with Gasteiger partial charge in [-0.05, 0) is 48.4 Å². The molecule has 1 aliphatic rings. The van der Waals surface area contributed by atoms with E-state index in [9.17, 15) is 23.1 Å². The highest BCUT2D eigenvalue weighted by Gasteiger charge is 2.45. The van der Waals surface area contributed by atoms with E-state index in [1.807, 2.05) is 0 Å². The molecule has 2 aromatic rings. The summed E-state index contributed by atoms with van der Waals surface area (Å²) in [5.41, 5.74) is 0.753. The molecule has 0 aliphatic carbocycles. The molecule has 0 radical (unpaired) electrons. The van der Waals surface area contributed by atoms with E-state index in [1.54, 1.807) is 31.4 Å². The average Bonchev–Trinajstić information content (AvgIpc) is 3.08. The van der Waals surface area contributed by atoms with Crippen molar-refractivity contribution in [3.63, 3.8) is 0 Å². The summed E-state index contributed by atoms with van der Waals surface area (Å²) in [5.74, 6) is -1.38. The van der Waals surface area contributed by atoms with Crippen molar-refractivity contribution in [1.82, 2.24) is 9.21 Å². The van der Waals surface area contributed by atoms with E-state index in [0.717, 1.165) is 4.31 Å². The van der Waals surface area contributed by atoms with Gasteiger partial charge < -0.3 is 19.5 Å². The molecular formula is C24H28N2O7S. The van der Waals surface area contributed by atoms with Gasteiger partial charge in [-0.15, -0.1) is 0 Å². The van der Waals surface area contributed by atoms with E-state index < -0.39 is 27.8 Å². The van der Waals surface area contributed by atoms with Crippen LogP contribution in [0.4, 0.5) is 0 Å². The van der Waals surface area contributed by atoms with E-state index in [0.29, 0.717) is 24.3 Å². The van der Waals surface area contributed by atoms with Crippen molar-refractivity contribution in [3.8, 4) is 5.75 Å².